The lowest BCUT2D eigenvalue weighted by atomic mass is 10.3. The number of nitrogens with zero attached hydrogens (tertiary/aromatic N) is 4. The van der Waals surface area contributed by atoms with Crippen LogP contribution in [-0.2, 0) is 17.9 Å². The number of furan rings is 1. The number of carboxylic acid groups (broad SMARTS) is 1. The van der Waals surface area contributed by atoms with E-state index in [4.69, 9.17) is 9.52 Å². The Morgan fingerprint density at radius 1 is 1.53 bits per heavy atom. The van der Waals surface area contributed by atoms with Gasteiger partial charge in [0.15, 0.2) is 5.69 Å². The number of aromatic carboxylic acids is 1. The maximum atomic E-state index is 11.9. The van der Waals surface area contributed by atoms with Crippen LogP contribution in [0.4, 0.5) is 0 Å². The van der Waals surface area contributed by atoms with Crippen LogP contribution in [0, 0.1) is 0 Å². The SMILES string of the molecule is CN(Cc1ccoc1)C(=O)Cn1cc(C(=O)O)nn1. The van der Waals surface area contributed by atoms with Gasteiger partial charge in [-0.1, -0.05) is 5.21 Å². The van der Waals surface area contributed by atoms with E-state index in [9.17, 15) is 9.59 Å². The molecule has 0 aliphatic rings. The molecule has 0 atom stereocenters. The van der Waals surface area contributed by atoms with Crippen molar-refractivity contribution < 1.29 is 19.1 Å². The molecule has 1 N–H and O–H groups in total. The van der Waals surface area contributed by atoms with Gasteiger partial charge in [0.2, 0.25) is 5.91 Å². The first-order valence-corrected chi connectivity index (χ1v) is 5.44. The van der Waals surface area contributed by atoms with Crippen molar-refractivity contribution in [2.24, 2.45) is 0 Å². The van der Waals surface area contributed by atoms with E-state index in [0.717, 1.165) is 5.56 Å². The normalized spacial score (nSPS) is 10.4. The Morgan fingerprint density at radius 3 is 2.89 bits per heavy atom. The van der Waals surface area contributed by atoms with E-state index in [2.05, 4.69) is 10.3 Å². The molecule has 2 aromatic rings. The van der Waals surface area contributed by atoms with Crippen LogP contribution in [0.2, 0.25) is 0 Å². The summed E-state index contributed by atoms with van der Waals surface area (Å²) in [7, 11) is 1.64. The first-order chi connectivity index (χ1) is 9.06. The Balaban J connectivity index is 1.94. The topological polar surface area (TPSA) is 101 Å². The van der Waals surface area contributed by atoms with Gasteiger partial charge in [-0.05, 0) is 6.07 Å². The number of carbonyl (C=O) groups excluding carboxylic acids is 1. The van der Waals surface area contributed by atoms with E-state index >= 15 is 0 Å². The Labute approximate surface area is 108 Å². The maximum absolute atomic E-state index is 11.9. The number of amides is 1. The number of hydrogen-bond donors (Lipinski definition) is 1. The summed E-state index contributed by atoms with van der Waals surface area (Å²) in [6.07, 6.45) is 4.30. The van der Waals surface area contributed by atoms with Crippen molar-refractivity contribution in [3.05, 3.63) is 36.0 Å². The van der Waals surface area contributed by atoms with Crippen molar-refractivity contribution in [3.63, 3.8) is 0 Å². The molecule has 0 unspecified atom stereocenters. The zero-order chi connectivity index (χ0) is 13.8. The summed E-state index contributed by atoms with van der Waals surface area (Å²) in [6.45, 7) is 0.352. The summed E-state index contributed by atoms with van der Waals surface area (Å²) in [5.41, 5.74) is 0.686. The fraction of sp³-hybridized carbons (Fsp3) is 0.273. The van der Waals surface area contributed by atoms with Gasteiger partial charge in [0.25, 0.3) is 0 Å². The maximum Gasteiger partial charge on any atom is 0.358 e. The van der Waals surface area contributed by atoms with E-state index in [0.29, 0.717) is 6.54 Å². The summed E-state index contributed by atoms with van der Waals surface area (Å²) in [5.74, 6) is -1.38. The standard InChI is InChI=1S/C11H12N4O4/c1-14(4-8-2-3-19-7-8)10(16)6-15-5-9(11(17)18)12-13-15/h2-3,5,7H,4,6H2,1H3,(H,17,18). The molecule has 2 heterocycles. The summed E-state index contributed by atoms with van der Waals surface area (Å²) in [4.78, 5) is 24.0. The Hall–Kier alpha value is -2.64. The lowest BCUT2D eigenvalue weighted by Crippen LogP contribution is -2.29. The van der Waals surface area contributed by atoms with Crippen LogP contribution in [0.5, 0.6) is 0 Å². The lowest BCUT2D eigenvalue weighted by molar-refractivity contribution is -0.131. The van der Waals surface area contributed by atoms with E-state index in [1.807, 2.05) is 0 Å². The third-order valence-corrected chi connectivity index (χ3v) is 2.48. The summed E-state index contributed by atoms with van der Waals surface area (Å²) in [5, 5.41) is 15.7. The molecule has 2 rings (SSSR count). The average Bonchev–Trinajstić information content (AvgIpc) is 2.99. The third-order valence-electron chi connectivity index (χ3n) is 2.48. The monoisotopic (exact) mass is 264 g/mol. The smallest absolute Gasteiger partial charge is 0.358 e. The minimum absolute atomic E-state index is 0.0609. The quantitative estimate of drug-likeness (QED) is 0.829. The van der Waals surface area contributed by atoms with Gasteiger partial charge in [-0.15, -0.1) is 5.10 Å². The predicted octanol–water partition coefficient (Wildman–Crippen LogP) is 0.228. The van der Waals surface area contributed by atoms with Gasteiger partial charge in [-0.25, -0.2) is 9.48 Å². The zero-order valence-corrected chi connectivity index (χ0v) is 10.2. The molecular weight excluding hydrogens is 252 g/mol. The number of carbonyl (C=O) groups is 2. The van der Waals surface area contributed by atoms with Crippen molar-refractivity contribution in [2.75, 3.05) is 7.05 Å². The second kappa shape index (κ2) is 5.34. The minimum atomic E-state index is -1.18. The van der Waals surface area contributed by atoms with Crippen molar-refractivity contribution in [1.29, 1.82) is 0 Å². The van der Waals surface area contributed by atoms with Crippen LogP contribution in [0.1, 0.15) is 16.1 Å². The largest absolute Gasteiger partial charge is 0.476 e. The molecule has 1 amide bonds. The van der Waals surface area contributed by atoms with E-state index in [1.54, 1.807) is 19.4 Å². The molecule has 0 radical (unpaired) electrons. The number of likely N-dealkylation sites (N-methyl/N-ethyl adjacent to an activating group) is 1. The van der Waals surface area contributed by atoms with Crippen LogP contribution >= 0.6 is 0 Å². The van der Waals surface area contributed by atoms with Crippen LogP contribution in [0.15, 0.2) is 29.2 Å². The Bertz CT molecular complexity index is 575. The molecule has 100 valence electrons. The molecular formula is C11H12N4O4. The van der Waals surface area contributed by atoms with E-state index in [-0.39, 0.29) is 18.1 Å². The molecule has 0 saturated carbocycles. The Kier molecular flexibility index (Phi) is 3.60. The molecule has 0 bridgehead atoms. The van der Waals surface area contributed by atoms with Crippen molar-refractivity contribution >= 4 is 11.9 Å². The molecule has 0 aliphatic heterocycles. The number of hydrogen-bond acceptors (Lipinski definition) is 5. The molecule has 0 spiro atoms. The van der Waals surface area contributed by atoms with Crippen molar-refractivity contribution in [2.45, 2.75) is 13.1 Å². The second-order valence-corrected chi connectivity index (χ2v) is 3.99. The third kappa shape index (κ3) is 3.18. The highest BCUT2D eigenvalue weighted by atomic mass is 16.4. The van der Waals surface area contributed by atoms with Crippen LogP contribution in [0.25, 0.3) is 0 Å². The highest BCUT2D eigenvalue weighted by Gasteiger charge is 2.14. The molecule has 0 fully saturated rings. The van der Waals surface area contributed by atoms with Crippen LogP contribution < -0.4 is 0 Å². The summed E-state index contributed by atoms with van der Waals surface area (Å²) >= 11 is 0. The van der Waals surface area contributed by atoms with Crippen LogP contribution in [0.3, 0.4) is 0 Å². The first kappa shape index (κ1) is 12.8. The van der Waals surface area contributed by atoms with Gasteiger partial charge in [0.1, 0.15) is 6.54 Å². The predicted molar refractivity (Wildman–Crippen MR) is 62.2 cm³/mol. The number of rotatable bonds is 5. The molecule has 19 heavy (non-hydrogen) atoms. The molecule has 0 saturated heterocycles. The molecule has 0 aliphatic carbocycles. The van der Waals surface area contributed by atoms with Crippen molar-refractivity contribution in [1.82, 2.24) is 19.9 Å². The van der Waals surface area contributed by atoms with Crippen LogP contribution in [-0.4, -0.2) is 43.9 Å². The molecule has 8 nitrogen and oxygen atoms in total. The fourth-order valence-corrected chi connectivity index (χ4v) is 1.48. The highest BCUT2D eigenvalue weighted by Crippen LogP contribution is 2.04. The molecule has 0 aromatic carbocycles. The van der Waals surface area contributed by atoms with Gasteiger partial charge in [0.05, 0.1) is 18.7 Å². The van der Waals surface area contributed by atoms with E-state index in [1.165, 1.54) is 22.0 Å². The summed E-state index contributed by atoms with van der Waals surface area (Å²) in [6, 6.07) is 1.77. The first-order valence-electron chi connectivity index (χ1n) is 5.44. The van der Waals surface area contributed by atoms with Gasteiger partial charge < -0.3 is 14.4 Å². The fourth-order valence-electron chi connectivity index (χ4n) is 1.48. The van der Waals surface area contributed by atoms with Gasteiger partial charge in [0, 0.05) is 19.2 Å². The van der Waals surface area contributed by atoms with Gasteiger partial charge >= 0.3 is 5.97 Å². The van der Waals surface area contributed by atoms with E-state index < -0.39 is 5.97 Å². The van der Waals surface area contributed by atoms with Crippen molar-refractivity contribution in [3.8, 4) is 0 Å². The Morgan fingerprint density at radius 2 is 2.32 bits per heavy atom. The van der Waals surface area contributed by atoms with Gasteiger partial charge in [-0.3, -0.25) is 4.79 Å². The summed E-state index contributed by atoms with van der Waals surface area (Å²) < 4.78 is 6.10. The highest BCUT2D eigenvalue weighted by molar-refractivity contribution is 5.84. The number of carboxylic acids is 1. The van der Waals surface area contributed by atoms with Gasteiger partial charge in [-0.2, -0.15) is 0 Å². The minimum Gasteiger partial charge on any atom is -0.476 e. The lowest BCUT2D eigenvalue weighted by Gasteiger charge is -2.15. The second-order valence-electron chi connectivity index (χ2n) is 3.99. The molecule has 8 heteroatoms. The average molecular weight is 264 g/mol. The zero-order valence-electron chi connectivity index (χ0n) is 10.2. The number of aromatic nitrogens is 3. The molecule has 2 aromatic heterocycles.